The highest BCUT2D eigenvalue weighted by atomic mass is 79.9. The smallest absolute Gasteiger partial charge is 0.312 e. The summed E-state index contributed by atoms with van der Waals surface area (Å²) >= 11 is 3.19. The molecular weight excluding hydrogens is 379 g/mol. The maximum Gasteiger partial charge on any atom is 0.312 e. The van der Waals surface area contributed by atoms with Gasteiger partial charge in [0.25, 0.3) is 0 Å². The van der Waals surface area contributed by atoms with E-state index in [4.69, 9.17) is 4.74 Å². The Balaban J connectivity index is 2.75. The average molecular weight is 397 g/mol. The van der Waals surface area contributed by atoms with E-state index in [1.54, 1.807) is 13.0 Å². The molecule has 3 unspecified atom stereocenters. The first-order chi connectivity index (χ1) is 11.3. The Labute approximate surface area is 148 Å². The highest BCUT2D eigenvalue weighted by Gasteiger charge is 2.54. The van der Waals surface area contributed by atoms with Crippen LogP contribution in [0.5, 0.6) is 0 Å². The largest absolute Gasteiger partial charge is 0.481 e. The normalized spacial score (nSPS) is 26.7. The summed E-state index contributed by atoms with van der Waals surface area (Å²) in [7, 11) is 1.47. The number of halogens is 2. The van der Waals surface area contributed by atoms with E-state index in [-0.39, 0.29) is 17.7 Å². The Kier molecular flexibility index (Phi) is 5.31. The fourth-order valence-corrected chi connectivity index (χ4v) is 3.56. The fourth-order valence-electron chi connectivity index (χ4n) is 3.22. The molecule has 3 atom stereocenters. The van der Waals surface area contributed by atoms with Gasteiger partial charge in [0.05, 0.1) is 29.7 Å². The summed E-state index contributed by atoms with van der Waals surface area (Å²) in [5.41, 5.74) is -0.518. The van der Waals surface area contributed by atoms with Gasteiger partial charge in [-0.1, -0.05) is 22.0 Å². The summed E-state index contributed by atoms with van der Waals surface area (Å²) in [5, 5.41) is 22.5. The number of nitrogens with zero attached hydrogens (tertiary/aromatic N) is 1. The number of aliphatic carboxylic acids is 1. The molecule has 0 aliphatic carbocycles. The van der Waals surface area contributed by atoms with Crippen LogP contribution in [0.25, 0.3) is 0 Å². The number of benzene rings is 1. The third-order valence-corrected chi connectivity index (χ3v) is 5.09. The van der Waals surface area contributed by atoms with Crippen LogP contribution in [0.1, 0.15) is 25.3 Å². The molecule has 1 aliphatic heterocycles. The summed E-state index contributed by atoms with van der Waals surface area (Å²) in [5.74, 6) is -2.60. The minimum absolute atomic E-state index is 0.119. The van der Waals surface area contributed by atoms with Crippen molar-refractivity contribution in [1.82, 2.24) is 5.32 Å². The van der Waals surface area contributed by atoms with Gasteiger partial charge in [-0.25, -0.2) is 4.39 Å². The van der Waals surface area contributed by atoms with Gasteiger partial charge in [0.15, 0.2) is 0 Å². The van der Waals surface area contributed by atoms with Crippen LogP contribution >= 0.6 is 15.9 Å². The molecule has 1 aromatic carbocycles. The molecule has 0 radical (unpaired) electrons. The Morgan fingerprint density at radius 3 is 2.75 bits per heavy atom. The van der Waals surface area contributed by atoms with E-state index < -0.39 is 29.2 Å². The van der Waals surface area contributed by atoms with E-state index in [1.165, 1.54) is 26.2 Å². The van der Waals surface area contributed by atoms with Crippen LogP contribution in [0.15, 0.2) is 33.9 Å². The first kappa shape index (κ1) is 18.4. The van der Waals surface area contributed by atoms with E-state index in [9.17, 15) is 19.6 Å². The van der Waals surface area contributed by atoms with Crippen molar-refractivity contribution in [2.45, 2.75) is 25.8 Å². The molecule has 128 valence electrons. The summed E-state index contributed by atoms with van der Waals surface area (Å²) in [6.45, 7) is 3.32. The molecule has 2 N–H and O–H groups in total. The Hall–Kier alpha value is -1.91. The zero-order chi connectivity index (χ0) is 18.1. The number of ether oxygens (including phenoxy) is 1. The van der Waals surface area contributed by atoms with Crippen LogP contribution in [-0.4, -0.2) is 30.8 Å². The zero-order valence-corrected chi connectivity index (χ0v) is 15.1. The van der Waals surface area contributed by atoms with E-state index in [2.05, 4.69) is 27.3 Å². The molecule has 2 rings (SSSR count). The van der Waals surface area contributed by atoms with Gasteiger partial charge in [0.1, 0.15) is 5.82 Å². The molecule has 5 nitrogen and oxygen atoms in total. The molecule has 24 heavy (non-hydrogen) atoms. The predicted molar refractivity (Wildman–Crippen MR) is 89.7 cm³/mol. The first-order valence-electron chi connectivity index (χ1n) is 7.32. The van der Waals surface area contributed by atoms with Crippen molar-refractivity contribution < 1.29 is 19.0 Å². The molecular formula is C17H18BrFN2O3. The van der Waals surface area contributed by atoms with Crippen molar-refractivity contribution >= 4 is 21.9 Å². The van der Waals surface area contributed by atoms with Gasteiger partial charge in [-0.2, -0.15) is 5.26 Å². The van der Waals surface area contributed by atoms with Gasteiger partial charge in [0, 0.05) is 23.2 Å². The zero-order valence-electron chi connectivity index (χ0n) is 13.6. The maximum atomic E-state index is 14.6. The van der Waals surface area contributed by atoms with Gasteiger partial charge in [-0.05, 0) is 31.5 Å². The molecule has 1 heterocycles. The Morgan fingerprint density at radius 1 is 1.58 bits per heavy atom. The van der Waals surface area contributed by atoms with Crippen LogP contribution in [0.4, 0.5) is 4.39 Å². The van der Waals surface area contributed by atoms with Crippen molar-refractivity contribution in [1.29, 1.82) is 5.26 Å². The molecule has 0 aromatic heterocycles. The van der Waals surface area contributed by atoms with Crippen LogP contribution in [0.2, 0.25) is 0 Å². The number of nitrogens with one attached hydrogen (secondary N) is 1. The number of rotatable bonds is 4. The van der Waals surface area contributed by atoms with Crippen molar-refractivity contribution in [2.75, 3.05) is 13.7 Å². The van der Waals surface area contributed by atoms with Crippen molar-refractivity contribution in [3.63, 3.8) is 0 Å². The summed E-state index contributed by atoms with van der Waals surface area (Å²) in [6, 6.07) is 5.87. The number of hydrogen-bond acceptors (Lipinski definition) is 4. The molecule has 0 amide bonds. The molecule has 1 aliphatic rings. The van der Waals surface area contributed by atoms with E-state index in [1.807, 2.05) is 0 Å². The molecule has 0 fully saturated rings. The SMILES string of the molecule is COCC1NC(C)=C(C#N)C(c2ccc(Br)cc2F)C1(C)C(=O)O. The molecule has 7 heteroatoms. The highest BCUT2D eigenvalue weighted by Crippen LogP contribution is 2.48. The van der Waals surface area contributed by atoms with E-state index in [0.29, 0.717) is 10.2 Å². The quantitative estimate of drug-likeness (QED) is 0.816. The topological polar surface area (TPSA) is 82.3 Å². The fraction of sp³-hybridized carbons (Fsp3) is 0.412. The second-order valence-electron chi connectivity index (χ2n) is 5.99. The lowest BCUT2D eigenvalue weighted by Gasteiger charge is -2.45. The van der Waals surface area contributed by atoms with Crippen molar-refractivity contribution in [3.05, 3.63) is 45.3 Å². The van der Waals surface area contributed by atoms with Crippen LogP contribution < -0.4 is 5.32 Å². The van der Waals surface area contributed by atoms with Crippen LogP contribution in [0.3, 0.4) is 0 Å². The minimum Gasteiger partial charge on any atom is -0.481 e. The summed E-state index contributed by atoms with van der Waals surface area (Å²) < 4.78 is 20.3. The van der Waals surface area contributed by atoms with Gasteiger partial charge < -0.3 is 15.2 Å². The van der Waals surface area contributed by atoms with E-state index >= 15 is 0 Å². The molecule has 1 aromatic rings. The second-order valence-corrected chi connectivity index (χ2v) is 6.91. The number of nitriles is 1. The maximum absolute atomic E-state index is 14.6. The van der Waals surface area contributed by atoms with E-state index in [0.717, 1.165) is 0 Å². The van der Waals surface area contributed by atoms with Crippen molar-refractivity contribution in [3.8, 4) is 6.07 Å². The number of carboxylic acids is 1. The summed E-state index contributed by atoms with van der Waals surface area (Å²) in [4.78, 5) is 12.1. The summed E-state index contributed by atoms with van der Waals surface area (Å²) in [6.07, 6.45) is 0. The first-order valence-corrected chi connectivity index (χ1v) is 8.11. The minimum atomic E-state index is -1.45. The average Bonchev–Trinajstić information content (AvgIpc) is 2.51. The van der Waals surface area contributed by atoms with Gasteiger partial charge in [-0.3, -0.25) is 4.79 Å². The lowest BCUT2D eigenvalue weighted by Crippen LogP contribution is -2.57. The monoisotopic (exact) mass is 396 g/mol. The van der Waals surface area contributed by atoms with Gasteiger partial charge in [-0.15, -0.1) is 0 Å². The number of carboxylic acid groups (broad SMARTS) is 1. The second kappa shape index (κ2) is 6.91. The van der Waals surface area contributed by atoms with Crippen LogP contribution in [0, 0.1) is 22.6 Å². The number of methoxy groups -OCH3 is 1. The predicted octanol–water partition coefficient (Wildman–Crippen LogP) is 3.18. The van der Waals surface area contributed by atoms with Gasteiger partial charge in [0.2, 0.25) is 0 Å². The van der Waals surface area contributed by atoms with Gasteiger partial charge >= 0.3 is 5.97 Å². The number of allylic oxidation sites excluding steroid dienone is 2. The lowest BCUT2D eigenvalue weighted by molar-refractivity contribution is -0.152. The van der Waals surface area contributed by atoms with Crippen molar-refractivity contribution in [2.24, 2.45) is 5.41 Å². The molecule has 0 bridgehead atoms. The highest BCUT2D eigenvalue weighted by molar-refractivity contribution is 9.10. The molecule has 0 saturated carbocycles. The Morgan fingerprint density at radius 2 is 2.25 bits per heavy atom. The Bertz CT molecular complexity index is 744. The molecule has 0 saturated heterocycles. The lowest BCUT2D eigenvalue weighted by atomic mass is 9.63. The number of hydrogen-bond donors (Lipinski definition) is 2. The third kappa shape index (κ3) is 2.92. The molecule has 0 spiro atoms. The third-order valence-electron chi connectivity index (χ3n) is 4.60. The number of carbonyl (C=O) groups is 1. The standard InChI is InChI=1S/C17H18BrFN2O3/c1-9-12(7-20)15(11-5-4-10(18)6-13(11)19)17(2,16(22)23)14(21-9)8-24-3/h4-6,14-15,21H,8H2,1-3H3,(H,22,23). The van der Waals surface area contributed by atoms with Crippen LogP contribution in [-0.2, 0) is 9.53 Å².